The molecular weight excluding hydrogens is 172 g/mol. The van der Waals surface area contributed by atoms with Gasteiger partial charge in [0.05, 0.1) is 24.1 Å². The van der Waals surface area contributed by atoms with Crippen molar-refractivity contribution < 1.29 is 14.6 Å². The standard InChI is InChI=1S/C8H10N2O3/c1-13-4-7-6(8(9)12)2-5(11)3-10-7/h2-3,11H,4H2,1H3,(H2,9,12). The van der Waals surface area contributed by atoms with Gasteiger partial charge in [-0.15, -0.1) is 0 Å². The first-order valence-corrected chi connectivity index (χ1v) is 3.61. The molecule has 70 valence electrons. The minimum atomic E-state index is -0.629. The van der Waals surface area contributed by atoms with Gasteiger partial charge < -0.3 is 15.6 Å². The molecule has 0 bridgehead atoms. The third-order valence-corrected chi connectivity index (χ3v) is 1.50. The molecule has 0 aliphatic carbocycles. The van der Waals surface area contributed by atoms with Crippen molar-refractivity contribution in [3.05, 3.63) is 23.5 Å². The third-order valence-electron chi connectivity index (χ3n) is 1.50. The number of nitrogens with zero attached hydrogens (tertiary/aromatic N) is 1. The molecule has 13 heavy (non-hydrogen) atoms. The van der Waals surface area contributed by atoms with Gasteiger partial charge in [0, 0.05) is 7.11 Å². The van der Waals surface area contributed by atoms with Crippen LogP contribution in [0, 0.1) is 0 Å². The molecule has 0 aromatic carbocycles. The number of pyridine rings is 1. The van der Waals surface area contributed by atoms with E-state index < -0.39 is 5.91 Å². The Morgan fingerprint density at radius 2 is 2.46 bits per heavy atom. The second-order valence-corrected chi connectivity index (χ2v) is 2.49. The van der Waals surface area contributed by atoms with Gasteiger partial charge in [-0.2, -0.15) is 0 Å². The number of hydrogen-bond donors (Lipinski definition) is 2. The minimum absolute atomic E-state index is 0.0892. The molecule has 1 heterocycles. The highest BCUT2D eigenvalue weighted by Crippen LogP contribution is 2.13. The van der Waals surface area contributed by atoms with Gasteiger partial charge in [0.2, 0.25) is 0 Å². The molecule has 1 aromatic rings. The number of aromatic nitrogens is 1. The van der Waals surface area contributed by atoms with Crippen molar-refractivity contribution in [2.24, 2.45) is 5.73 Å². The van der Waals surface area contributed by atoms with Crippen molar-refractivity contribution in [3.63, 3.8) is 0 Å². The number of hydrogen-bond acceptors (Lipinski definition) is 4. The van der Waals surface area contributed by atoms with Crippen LogP contribution in [0.4, 0.5) is 0 Å². The topological polar surface area (TPSA) is 85.4 Å². The second-order valence-electron chi connectivity index (χ2n) is 2.49. The summed E-state index contributed by atoms with van der Waals surface area (Å²) in [5.74, 6) is -0.718. The SMILES string of the molecule is COCc1ncc(O)cc1C(N)=O. The van der Waals surface area contributed by atoms with Crippen LogP contribution in [-0.4, -0.2) is 23.1 Å². The Morgan fingerprint density at radius 3 is 3.00 bits per heavy atom. The summed E-state index contributed by atoms with van der Waals surface area (Å²) < 4.78 is 4.81. The predicted octanol–water partition coefficient (Wildman–Crippen LogP) is 0.0325. The molecule has 0 radical (unpaired) electrons. The fourth-order valence-corrected chi connectivity index (χ4v) is 0.947. The van der Waals surface area contributed by atoms with Crippen LogP contribution in [0.1, 0.15) is 16.1 Å². The lowest BCUT2D eigenvalue weighted by atomic mass is 10.2. The van der Waals surface area contributed by atoms with Crippen LogP contribution in [0.2, 0.25) is 0 Å². The zero-order valence-corrected chi connectivity index (χ0v) is 7.15. The molecule has 0 atom stereocenters. The fourth-order valence-electron chi connectivity index (χ4n) is 0.947. The van der Waals surface area contributed by atoms with E-state index in [1.165, 1.54) is 19.4 Å². The Hall–Kier alpha value is -1.62. The summed E-state index contributed by atoms with van der Waals surface area (Å²) in [5.41, 5.74) is 5.67. The summed E-state index contributed by atoms with van der Waals surface area (Å²) in [6.07, 6.45) is 1.24. The first-order valence-electron chi connectivity index (χ1n) is 3.61. The summed E-state index contributed by atoms with van der Waals surface area (Å²) in [4.78, 5) is 14.7. The maximum Gasteiger partial charge on any atom is 0.250 e. The summed E-state index contributed by atoms with van der Waals surface area (Å²) in [5, 5.41) is 9.04. The van der Waals surface area contributed by atoms with E-state index in [9.17, 15) is 4.79 Å². The zero-order chi connectivity index (χ0) is 9.84. The van der Waals surface area contributed by atoms with E-state index in [0.717, 1.165) is 0 Å². The molecule has 1 aromatic heterocycles. The summed E-state index contributed by atoms with van der Waals surface area (Å²) >= 11 is 0. The van der Waals surface area contributed by atoms with Crippen molar-refractivity contribution in [1.82, 2.24) is 4.98 Å². The van der Waals surface area contributed by atoms with Crippen molar-refractivity contribution in [1.29, 1.82) is 0 Å². The first kappa shape index (κ1) is 9.47. The lowest BCUT2D eigenvalue weighted by Gasteiger charge is -2.04. The quantitative estimate of drug-likeness (QED) is 0.690. The van der Waals surface area contributed by atoms with E-state index in [2.05, 4.69) is 4.98 Å². The van der Waals surface area contributed by atoms with Gasteiger partial charge in [0.1, 0.15) is 5.75 Å². The number of rotatable bonds is 3. The number of nitrogens with two attached hydrogens (primary N) is 1. The average Bonchev–Trinajstić information content (AvgIpc) is 2.08. The van der Waals surface area contributed by atoms with Gasteiger partial charge in [0.15, 0.2) is 0 Å². The molecular formula is C8H10N2O3. The smallest absolute Gasteiger partial charge is 0.250 e. The van der Waals surface area contributed by atoms with Crippen LogP contribution in [0.3, 0.4) is 0 Å². The van der Waals surface area contributed by atoms with E-state index in [0.29, 0.717) is 5.69 Å². The number of methoxy groups -OCH3 is 1. The van der Waals surface area contributed by atoms with Gasteiger partial charge in [-0.25, -0.2) is 0 Å². The highest BCUT2D eigenvalue weighted by molar-refractivity contribution is 5.94. The van der Waals surface area contributed by atoms with Crippen LogP contribution in [0.25, 0.3) is 0 Å². The molecule has 1 amide bonds. The lowest BCUT2D eigenvalue weighted by molar-refractivity contribution is 0.0994. The minimum Gasteiger partial charge on any atom is -0.506 e. The number of amides is 1. The molecule has 3 N–H and O–H groups in total. The predicted molar refractivity (Wildman–Crippen MR) is 45.1 cm³/mol. The highest BCUT2D eigenvalue weighted by Gasteiger charge is 2.09. The normalized spacial score (nSPS) is 9.92. The Morgan fingerprint density at radius 1 is 1.77 bits per heavy atom. The van der Waals surface area contributed by atoms with Gasteiger partial charge in [0.25, 0.3) is 5.91 Å². The lowest BCUT2D eigenvalue weighted by Crippen LogP contribution is -2.15. The second kappa shape index (κ2) is 3.86. The number of carbonyl (C=O) groups excluding carboxylic acids is 1. The molecule has 0 fully saturated rings. The molecule has 5 heteroatoms. The maximum absolute atomic E-state index is 10.9. The number of aromatic hydroxyl groups is 1. The van der Waals surface area contributed by atoms with Crippen molar-refractivity contribution >= 4 is 5.91 Å². The van der Waals surface area contributed by atoms with Gasteiger partial charge >= 0.3 is 0 Å². The largest absolute Gasteiger partial charge is 0.506 e. The van der Waals surface area contributed by atoms with E-state index in [4.69, 9.17) is 15.6 Å². The molecule has 0 saturated carbocycles. The first-order chi connectivity index (χ1) is 6.15. The molecule has 0 saturated heterocycles. The molecule has 0 unspecified atom stereocenters. The molecule has 1 rings (SSSR count). The number of carbonyl (C=O) groups is 1. The average molecular weight is 182 g/mol. The Balaban J connectivity index is 3.10. The molecule has 0 aliphatic heterocycles. The summed E-state index contributed by atoms with van der Waals surface area (Å²) in [6, 6.07) is 1.27. The van der Waals surface area contributed by atoms with Gasteiger partial charge in [-0.05, 0) is 6.07 Å². The van der Waals surface area contributed by atoms with Crippen molar-refractivity contribution in [2.75, 3.05) is 7.11 Å². The van der Waals surface area contributed by atoms with Gasteiger partial charge in [-0.3, -0.25) is 9.78 Å². The van der Waals surface area contributed by atoms with Crippen LogP contribution in [0.15, 0.2) is 12.3 Å². The molecule has 5 nitrogen and oxygen atoms in total. The monoisotopic (exact) mass is 182 g/mol. The third kappa shape index (κ3) is 2.16. The Kier molecular flexibility index (Phi) is 2.81. The molecule has 0 spiro atoms. The van der Waals surface area contributed by atoms with E-state index in [1.54, 1.807) is 0 Å². The highest BCUT2D eigenvalue weighted by atomic mass is 16.5. The zero-order valence-electron chi connectivity index (χ0n) is 7.15. The number of ether oxygens (including phenoxy) is 1. The van der Waals surface area contributed by atoms with Crippen LogP contribution in [0.5, 0.6) is 5.75 Å². The summed E-state index contributed by atoms with van der Waals surface area (Å²) in [7, 11) is 1.49. The summed E-state index contributed by atoms with van der Waals surface area (Å²) in [6.45, 7) is 0.193. The van der Waals surface area contributed by atoms with E-state index in [-0.39, 0.29) is 17.9 Å². The van der Waals surface area contributed by atoms with Crippen molar-refractivity contribution in [2.45, 2.75) is 6.61 Å². The van der Waals surface area contributed by atoms with Crippen molar-refractivity contribution in [3.8, 4) is 5.75 Å². The fraction of sp³-hybridized carbons (Fsp3) is 0.250. The molecule has 0 aliphatic rings. The van der Waals surface area contributed by atoms with Crippen LogP contribution >= 0.6 is 0 Å². The maximum atomic E-state index is 10.9. The van der Waals surface area contributed by atoms with Gasteiger partial charge in [-0.1, -0.05) is 0 Å². The Labute approximate surface area is 75.2 Å². The van der Waals surface area contributed by atoms with Crippen LogP contribution in [-0.2, 0) is 11.3 Å². The van der Waals surface area contributed by atoms with E-state index in [1.807, 2.05) is 0 Å². The van der Waals surface area contributed by atoms with Crippen LogP contribution < -0.4 is 5.73 Å². The number of primary amides is 1. The Bertz CT molecular complexity index is 325. The van der Waals surface area contributed by atoms with E-state index >= 15 is 0 Å².